The van der Waals surface area contributed by atoms with Gasteiger partial charge >= 0.3 is 0 Å². The Balaban J connectivity index is 1.47. The maximum Gasteiger partial charge on any atom is 0.271 e. The van der Waals surface area contributed by atoms with Gasteiger partial charge in [-0.15, -0.1) is 0 Å². The molecule has 10 nitrogen and oxygen atoms in total. The Labute approximate surface area is 193 Å². The minimum atomic E-state index is -0.615. The lowest BCUT2D eigenvalue weighted by atomic mass is 9.74. The summed E-state index contributed by atoms with van der Waals surface area (Å²) in [6, 6.07) is 1.61. The third-order valence-electron chi connectivity index (χ3n) is 7.27. The Morgan fingerprint density at radius 2 is 1.91 bits per heavy atom. The van der Waals surface area contributed by atoms with E-state index >= 15 is 0 Å². The summed E-state index contributed by atoms with van der Waals surface area (Å²) in [5.41, 5.74) is -0.154. The number of allylic oxidation sites excluding steroid dienone is 2. The monoisotopic (exact) mass is 456 g/mol. The normalized spacial score (nSPS) is 26.9. The molecule has 2 atom stereocenters. The van der Waals surface area contributed by atoms with Gasteiger partial charge in [-0.05, 0) is 38.2 Å². The predicted molar refractivity (Wildman–Crippen MR) is 120 cm³/mol. The molecule has 3 N–H and O–H groups in total. The molecule has 0 radical (unpaired) electrons. The molecule has 178 valence electrons. The molecule has 3 aliphatic heterocycles. The van der Waals surface area contributed by atoms with E-state index in [4.69, 9.17) is 0 Å². The molecule has 0 aliphatic carbocycles. The van der Waals surface area contributed by atoms with E-state index in [0.29, 0.717) is 64.0 Å². The summed E-state index contributed by atoms with van der Waals surface area (Å²) in [6.45, 7) is 3.64. The molecule has 2 saturated heterocycles. The topological polar surface area (TPSA) is 128 Å². The highest BCUT2D eigenvalue weighted by atomic mass is 16.2. The molecule has 1 aromatic rings. The summed E-state index contributed by atoms with van der Waals surface area (Å²) in [4.78, 5) is 53.7. The van der Waals surface area contributed by atoms with Crippen molar-refractivity contribution in [1.29, 1.82) is 0 Å². The second-order valence-electron chi connectivity index (χ2n) is 9.32. The van der Waals surface area contributed by atoms with Crippen LogP contribution in [0.1, 0.15) is 49.5 Å². The highest BCUT2D eigenvalue weighted by molar-refractivity contribution is 5.92. The number of H-pyrrole nitrogens is 1. The number of amides is 4. The lowest BCUT2D eigenvalue weighted by Crippen LogP contribution is -2.55. The number of carbonyl (C=O) groups is 4. The SMILES string of the molecule is CC(=O)N1CCC2(C/C=C/C[C@H]3CN(C(=O)c4ccn[nH]4)CC[C@H]3NC(=O)CNC2=O)CC1. The van der Waals surface area contributed by atoms with Crippen LogP contribution in [0.25, 0.3) is 0 Å². The van der Waals surface area contributed by atoms with E-state index in [-0.39, 0.29) is 42.1 Å². The molecular weight excluding hydrogens is 424 g/mol. The van der Waals surface area contributed by atoms with E-state index < -0.39 is 5.41 Å². The van der Waals surface area contributed by atoms with Gasteiger partial charge in [0, 0.05) is 51.3 Å². The molecule has 4 heterocycles. The third-order valence-corrected chi connectivity index (χ3v) is 7.27. The summed E-state index contributed by atoms with van der Waals surface area (Å²) >= 11 is 0. The van der Waals surface area contributed by atoms with Crippen LogP contribution in [0.5, 0.6) is 0 Å². The van der Waals surface area contributed by atoms with Crippen LogP contribution >= 0.6 is 0 Å². The molecule has 0 bridgehead atoms. The van der Waals surface area contributed by atoms with Gasteiger partial charge in [0.25, 0.3) is 5.91 Å². The van der Waals surface area contributed by atoms with Gasteiger partial charge in [0.15, 0.2) is 0 Å². The standard InChI is InChI=1S/C23H32N6O4/c1-16(30)28-12-8-23(9-13-28)7-3-2-4-17-15-29(21(32)19-5-10-25-27-19)11-6-18(17)26-20(31)14-24-22(23)33/h2-3,5,10,17-18H,4,6-9,11-15H2,1H3,(H,24,33)(H,25,27)(H,26,31)/b3-2+/t17-,18+/m0/s1. The molecule has 0 aromatic carbocycles. The molecule has 0 unspecified atom stereocenters. The van der Waals surface area contributed by atoms with Crippen molar-refractivity contribution in [3.8, 4) is 0 Å². The average molecular weight is 457 g/mol. The number of nitrogens with zero attached hydrogens (tertiary/aromatic N) is 3. The van der Waals surface area contributed by atoms with Crippen molar-refractivity contribution >= 4 is 23.6 Å². The molecule has 4 rings (SSSR count). The van der Waals surface area contributed by atoms with Gasteiger partial charge in [-0.3, -0.25) is 24.3 Å². The van der Waals surface area contributed by atoms with Gasteiger partial charge in [0.2, 0.25) is 17.7 Å². The number of piperidine rings is 2. The Bertz CT molecular complexity index is 919. The van der Waals surface area contributed by atoms with Crippen molar-refractivity contribution in [2.24, 2.45) is 11.3 Å². The maximum atomic E-state index is 13.1. The van der Waals surface area contributed by atoms with Crippen molar-refractivity contribution in [2.75, 3.05) is 32.7 Å². The summed E-state index contributed by atoms with van der Waals surface area (Å²) in [7, 11) is 0. The minimum absolute atomic E-state index is 0.0194. The van der Waals surface area contributed by atoms with Crippen LogP contribution in [-0.2, 0) is 14.4 Å². The zero-order valence-corrected chi connectivity index (χ0v) is 19.0. The second kappa shape index (κ2) is 9.76. The molecule has 0 saturated carbocycles. The number of likely N-dealkylation sites (tertiary alicyclic amines) is 2. The zero-order chi connectivity index (χ0) is 23.4. The second-order valence-corrected chi connectivity index (χ2v) is 9.32. The van der Waals surface area contributed by atoms with Crippen LogP contribution in [0.2, 0.25) is 0 Å². The Morgan fingerprint density at radius 1 is 1.12 bits per heavy atom. The van der Waals surface area contributed by atoms with Crippen molar-refractivity contribution < 1.29 is 19.2 Å². The number of fused-ring (bicyclic) bond motifs is 1. The quantitative estimate of drug-likeness (QED) is 0.529. The summed E-state index contributed by atoms with van der Waals surface area (Å²) in [5, 5.41) is 12.5. The molecule has 4 amide bonds. The first-order chi connectivity index (χ1) is 15.9. The number of nitrogens with one attached hydrogen (secondary N) is 3. The summed E-state index contributed by atoms with van der Waals surface area (Å²) < 4.78 is 0. The van der Waals surface area contributed by atoms with Crippen LogP contribution in [0, 0.1) is 11.3 Å². The van der Waals surface area contributed by atoms with E-state index in [0.717, 1.165) is 0 Å². The van der Waals surface area contributed by atoms with Crippen LogP contribution in [-0.4, -0.2) is 82.4 Å². The summed E-state index contributed by atoms with van der Waals surface area (Å²) in [5.74, 6) is -0.326. The maximum absolute atomic E-state index is 13.1. The first kappa shape index (κ1) is 23.0. The number of rotatable bonds is 1. The Kier molecular flexibility index (Phi) is 6.80. The molecular formula is C23H32N6O4. The highest BCUT2D eigenvalue weighted by Crippen LogP contribution is 2.36. The van der Waals surface area contributed by atoms with E-state index in [9.17, 15) is 19.2 Å². The first-order valence-corrected chi connectivity index (χ1v) is 11.6. The van der Waals surface area contributed by atoms with Gasteiger partial charge in [-0.25, -0.2) is 0 Å². The van der Waals surface area contributed by atoms with E-state index in [1.807, 2.05) is 0 Å². The van der Waals surface area contributed by atoms with Gasteiger partial charge < -0.3 is 20.4 Å². The van der Waals surface area contributed by atoms with Gasteiger partial charge in [-0.2, -0.15) is 5.10 Å². The summed E-state index contributed by atoms with van der Waals surface area (Å²) in [6.07, 6.45) is 8.76. The fourth-order valence-corrected chi connectivity index (χ4v) is 5.15. The van der Waals surface area contributed by atoms with Crippen molar-refractivity contribution in [3.05, 3.63) is 30.1 Å². The van der Waals surface area contributed by atoms with Gasteiger partial charge in [0.05, 0.1) is 12.0 Å². The first-order valence-electron chi connectivity index (χ1n) is 11.6. The Morgan fingerprint density at radius 3 is 2.61 bits per heavy atom. The van der Waals surface area contributed by atoms with Crippen molar-refractivity contribution in [3.63, 3.8) is 0 Å². The minimum Gasteiger partial charge on any atom is -0.351 e. The smallest absolute Gasteiger partial charge is 0.271 e. The Hall–Kier alpha value is -3.17. The molecule has 2 fully saturated rings. The molecule has 1 spiro atoms. The lowest BCUT2D eigenvalue weighted by molar-refractivity contribution is -0.140. The van der Waals surface area contributed by atoms with Crippen LogP contribution in [0.3, 0.4) is 0 Å². The largest absolute Gasteiger partial charge is 0.351 e. The average Bonchev–Trinajstić information content (AvgIpc) is 3.35. The van der Waals surface area contributed by atoms with E-state index in [2.05, 4.69) is 33.0 Å². The zero-order valence-electron chi connectivity index (χ0n) is 19.0. The lowest BCUT2D eigenvalue weighted by Gasteiger charge is -2.41. The highest BCUT2D eigenvalue weighted by Gasteiger charge is 2.41. The number of hydrogen-bond acceptors (Lipinski definition) is 5. The molecule has 1 aromatic heterocycles. The fourth-order valence-electron chi connectivity index (χ4n) is 5.15. The van der Waals surface area contributed by atoms with Crippen molar-refractivity contribution in [2.45, 2.75) is 45.1 Å². The molecule has 33 heavy (non-hydrogen) atoms. The van der Waals surface area contributed by atoms with E-state index in [1.54, 1.807) is 29.0 Å². The number of hydrogen-bond donors (Lipinski definition) is 3. The van der Waals surface area contributed by atoms with Crippen LogP contribution in [0.4, 0.5) is 0 Å². The van der Waals surface area contributed by atoms with E-state index in [1.165, 1.54) is 0 Å². The fraction of sp³-hybridized carbons (Fsp3) is 0.609. The van der Waals surface area contributed by atoms with Crippen LogP contribution in [0.15, 0.2) is 24.4 Å². The van der Waals surface area contributed by atoms with Gasteiger partial charge in [0.1, 0.15) is 5.69 Å². The van der Waals surface area contributed by atoms with Gasteiger partial charge in [-0.1, -0.05) is 12.2 Å². The van der Waals surface area contributed by atoms with Crippen molar-refractivity contribution in [1.82, 2.24) is 30.6 Å². The predicted octanol–water partition coefficient (Wildman–Crippen LogP) is 0.452. The number of carbonyl (C=O) groups excluding carboxylic acids is 4. The third kappa shape index (κ3) is 5.09. The molecule has 10 heteroatoms. The van der Waals surface area contributed by atoms with Crippen LogP contribution < -0.4 is 10.6 Å². The molecule has 3 aliphatic rings. The number of aromatic nitrogens is 2. The number of aromatic amines is 1.